The second-order valence-corrected chi connectivity index (χ2v) is 4.14. The average molecular weight is 244 g/mol. The van der Waals surface area contributed by atoms with Gasteiger partial charge >= 0.3 is 0 Å². The molecule has 0 amide bonds. The fraction of sp³-hybridized carbons (Fsp3) is 0.500. The van der Waals surface area contributed by atoms with Gasteiger partial charge in [-0.1, -0.05) is 12.1 Å². The van der Waals surface area contributed by atoms with Crippen molar-refractivity contribution in [3.8, 4) is 0 Å². The fourth-order valence-corrected chi connectivity index (χ4v) is 1.52. The van der Waals surface area contributed by atoms with Gasteiger partial charge in [-0.2, -0.15) is 0 Å². The number of nitrogens with one attached hydrogen (secondary N) is 1. The van der Waals surface area contributed by atoms with E-state index in [2.05, 4.69) is 5.32 Å². The summed E-state index contributed by atoms with van der Waals surface area (Å²) < 4.78 is 26.5. The van der Waals surface area contributed by atoms with Gasteiger partial charge in [0, 0.05) is 18.7 Å². The molecule has 0 spiro atoms. The number of halogens is 2. The number of hydrogen-bond donors (Lipinski definition) is 2. The molecule has 0 aromatic heterocycles. The Labute approximate surface area is 100 Å². The van der Waals surface area contributed by atoms with Crippen molar-refractivity contribution in [1.82, 2.24) is 10.2 Å². The van der Waals surface area contributed by atoms with E-state index in [-0.39, 0.29) is 12.2 Å². The van der Waals surface area contributed by atoms with Gasteiger partial charge in [0.25, 0.3) is 0 Å². The molecule has 1 aromatic rings. The summed E-state index contributed by atoms with van der Waals surface area (Å²) in [6, 6.07) is 3.39. The highest BCUT2D eigenvalue weighted by Crippen LogP contribution is 2.18. The van der Waals surface area contributed by atoms with Crippen molar-refractivity contribution >= 4 is 0 Å². The summed E-state index contributed by atoms with van der Waals surface area (Å²) in [5.74, 6) is -1.79. The van der Waals surface area contributed by atoms with Crippen molar-refractivity contribution in [2.24, 2.45) is 0 Å². The van der Waals surface area contributed by atoms with E-state index >= 15 is 0 Å². The van der Waals surface area contributed by atoms with Crippen molar-refractivity contribution in [3.05, 3.63) is 35.4 Å². The minimum absolute atomic E-state index is 0.159. The maximum absolute atomic E-state index is 13.5. The first-order valence-corrected chi connectivity index (χ1v) is 5.49. The first kappa shape index (κ1) is 14.0. The summed E-state index contributed by atoms with van der Waals surface area (Å²) in [6.07, 6.45) is 0. The lowest BCUT2D eigenvalue weighted by atomic mass is 10.1. The minimum atomic E-state index is -0.899. The zero-order valence-electron chi connectivity index (χ0n) is 10.1. The molecule has 0 aliphatic carbocycles. The molecule has 0 heterocycles. The van der Waals surface area contributed by atoms with Gasteiger partial charge in [-0.05, 0) is 20.2 Å². The molecule has 3 nitrogen and oxygen atoms in total. The van der Waals surface area contributed by atoms with Crippen molar-refractivity contribution in [2.45, 2.75) is 6.04 Å². The molecule has 1 atom stereocenters. The van der Waals surface area contributed by atoms with Gasteiger partial charge in [0.15, 0.2) is 11.6 Å². The number of aliphatic hydroxyl groups excluding tert-OH is 1. The number of hydrogen-bond acceptors (Lipinski definition) is 3. The molecule has 0 fully saturated rings. The van der Waals surface area contributed by atoms with Crippen LogP contribution >= 0.6 is 0 Å². The number of likely N-dealkylation sites (N-methyl/N-ethyl adjacent to an activating group) is 1. The van der Waals surface area contributed by atoms with E-state index in [9.17, 15) is 13.9 Å². The zero-order chi connectivity index (χ0) is 12.8. The Balaban J connectivity index is 2.69. The molecule has 0 bridgehead atoms. The lowest BCUT2D eigenvalue weighted by molar-refractivity contribution is 0.236. The summed E-state index contributed by atoms with van der Waals surface area (Å²) in [5, 5.41) is 12.2. The Morgan fingerprint density at radius 2 is 2.06 bits per heavy atom. The van der Waals surface area contributed by atoms with Crippen molar-refractivity contribution in [2.75, 3.05) is 33.8 Å². The van der Waals surface area contributed by atoms with Gasteiger partial charge in [0.1, 0.15) is 0 Å². The Hall–Kier alpha value is -1.04. The van der Waals surface area contributed by atoms with Gasteiger partial charge in [-0.25, -0.2) is 8.78 Å². The number of nitrogens with zero attached hydrogens (tertiary/aromatic N) is 1. The molecular formula is C12H18F2N2O. The molecule has 5 heteroatoms. The Morgan fingerprint density at radius 3 is 2.65 bits per heavy atom. The zero-order valence-corrected chi connectivity index (χ0v) is 10.1. The molecule has 1 unspecified atom stereocenters. The minimum Gasteiger partial charge on any atom is -0.394 e. The average Bonchev–Trinajstić information content (AvgIpc) is 2.28. The van der Waals surface area contributed by atoms with Crippen molar-refractivity contribution < 1.29 is 13.9 Å². The maximum Gasteiger partial charge on any atom is 0.163 e. The summed E-state index contributed by atoms with van der Waals surface area (Å²) in [4.78, 5) is 1.96. The molecule has 1 rings (SSSR count). The van der Waals surface area contributed by atoms with E-state index in [1.165, 1.54) is 12.1 Å². The van der Waals surface area contributed by atoms with E-state index < -0.39 is 17.7 Å². The molecule has 0 aliphatic rings. The van der Waals surface area contributed by atoms with E-state index in [1.807, 2.05) is 19.0 Å². The Bertz CT molecular complexity index is 358. The monoisotopic (exact) mass is 244 g/mol. The number of rotatable bonds is 6. The predicted molar refractivity (Wildman–Crippen MR) is 62.7 cm³/mol. The highest BCUT2D eigenvalue weighted by molar-refractivity contribution is 5.22. The molecule has 1 aromatic carbocycles. The topological polar surface area (TPSA) is 35.5 Å². The predicted octanol–water partition coefficient (Wildman–Crippen LogP) is 1.15. The quantitative estimate of drug-likeness (QED) is 0.788. The van der Waals surface area contributed by atoms with Crippen molar-refractivity contribution in [3.63, 3.8) is 0 Å². The molecule has 0 saturated carbocycles. The van der Waals surface area contributed by atoms with Crippen LogP contribution in [0.1, 0.15) is 11.6 Å². The first-order valence-electron chi connectivity index (χ1n) is 5.49. The Kier molecular flexibility index (Phi) is 5.47. The molecule has 96 valence electrons. The smallest absolute Gasteiger partial charge is 0.163 e. The summed E-state index contributed by atoms with van der Waals surface area (Å²) in [7, 11) is 3.83. The summed E-state index contributed by atoms with van der Waals surface area (Å²) in [5.41, 5.74) is 0.159. The van der Waals surface area contributed by atoms with Crippen LogP contribution in [0.3, 0.4) is 0 Å². The van der Waals surface area contributed by atoms with Gasteiger partial charge < -0.3 is 15.3 Å². The van der Waals surface area contributed by atoms with Crippen LogP contribution in [-0.2, 0) is 0 Å². The van der Waals surface area contributed by atoms with E-state index in [1.54, 1.807) is 0 Å². The van der Waals surface area contributed by atoms with Crippen LogP contribution in [0.2, 0.25) is 0 Å². The first-order chi connectivity index (χ1) is 8.06. The molecular weight excluding hydrogens is 226 g/mol. The van der Waals surface area contributed by atoms with Gasteiger partial charge in [-0.3, -0.25) is 0 Å². The lowest BCUT2D eigenvalue weighted by Crippen LogP contribution is -2.32. The van der Waals surface area contributed by atoms with Crippen LogP contribution in [0.25, 0.3) is 0 Å². The van der Waals surface area contributed by atoms with E-state index in [0.717, 1.165) is 12.6 Å². The highest BCUT2D eigenvalue weighted by Gasteiger charge is 2.16. The fourth-order valence-electron chi connectivity index (χ4n) is 1.52. The Morgan fingerprint density at radius 1 is 1.35 bits per heavy atom. The second kappa shape index (κ2) is 6.64. The number of benzene rings is 1. The third kappa shape index (κ3) is 4.03. The number of aliphatic hydroxyl groups is 1. The van der Waals surface area contributed by atoms with Crippen LogP contribution in [0, 0.1) is 11.6 Å². The lowest BCUT2D eigenvalue weighted by Gasteiger charge is -2.19. The van der Waals surface area contributed by atoms with Gasteiger partial charge in [0.05, 0.1) is 12.6 Å². The summed E-state index contributed by atoms with van der Waals surface area (Å²) in [6.45, 7) is 1.08. The molecule has 0 aliphatic heterocycles. The molecule has 0 saturated heterocycles. The molecule has 0 radical (unpaired) electrons. The third-order valence-corrected chi connectivity index (χ3v) is 2.49. The van der Waals surface area contributed by atoms with Crippen molar-refractivity contribution in [1.29, 1.82) is 0 Å². The van der Waals surface area contributed by atoms with E-state index in [4.69, 9.17) is 0 Å². The SMILES string of the molecule is CN(C)CCNC(CO)c1cccc(F)c1F. The molecule has 2 N–H and O–H groups in total. The summed E-state index contributed by atoms with van der Waals surface area (Å²) >= 11 is 0. The van der Waals surface area contributed by atoms with E-state index in [0.29, 0.717) is 6.54 Å². The maximum atomic E-state index is 13.5. The van der Waals surface area contributed by atoms with Crippen LogP contribution < -0.4 is 5.32 Å². The normalized spacial score (nSPS) is 13.1. The largest absolute Gasteiger partial charge is 0.394 e. The molecule has 17 heavy (non-hydrogen) atoms. The van der Waals surface area contributed by atoms with Gasteiger partial charge in [0.2, 0.25) is 0 Å². The van der Waals surface area contributed by atoms with Gasteiger partial charge in [-0.15, -0.1) is 0 Å². The van der Waals surface area contributed by atoms with Crippen LogP contribution in [0.5, 0.6) is 0 Å². The highest BCUT2D eigenvalue weighted by atomic mass is 19.2. The van der Waals surface area contributed by atoms with Crippen LogP contribution in [0.4, 0.5) is 8.78 Å². The van der Waals surface area contributed by atoms with Crippen LogP contribution in [0.15, 0.2) is 18.2 Å². The third-order valence-electron chi connectivity index (χ3n) is 2.49. The standard InChI is InChI=1S/C12H18F2N2O/c1-16(2)7-6-15-11(8-17)9-4-3-5-10(13)12(9)14/h3-5,11,15,17H,6-8H2,1-2H3. The second-order valence-electron chi connectivity index (χ2n) is 4.14. The van der Waals surface area contributed by atoms with Crippen LogP contribution in [-0.4, -0.2) is 43.8 Å².